The minimum Gasteiger partial charge on any atom is -0.493 e. The predicted molar refractivity (Wildman–Crippen MR) is 105 cm³/mol. The highest BCUT2D eigenvalue weighted by Gasteiger charge is 2.14. The topological polar surface area (TPSA) is 86.5 Å². The summed E-state index contributed by atoms with van der Waals surface area (Å²) in [7, 11) is 1.54. The third-order valence-electron chi connectivity index (χ3n) is 4.08. The number of nitrogens with one attached hydrogen (secondary N) is 1. The van der Waals surface area contributed by atoms with E-state index in [4.69, 9.17) is 14.0 Å². The first-order valence-corrected chi connectivity index (χ1v) is 9.09. The Bertz CT molecular complexity index is 935. The largest absolute Gasteiger partial charge is 0.493 e. The van der Waals surface area contributed by atoms with Gasteiger partial charge in [-0.05, 0) is 43.7 Å². The zero-order valence-electron chi connectivity index (χ0n) is 16.2. The normalized spacial score (nSPS) is 10.5. The standard InChI is InChI=1S/C21H23N3O4/c1-4-11-22-19(25)13-27-17-10-9-16(12-18(17)26-3)20-23-21(28-24-20)15-7-5-14(2)6-8-15/h5-10,12H,4,11,13H2,1-3H3,(H,22,25). The number of aromatic nitrogens is 2. The zero-order valence-corrected chi connectivity index (χ0v) is 16.2. The van der Waals surface area contributed by atoms with E-state index in [2.05, 4.69) is 15.5 Å². The van der Waals surface area contributed by atoms with E-state index >= 15 is 0 Å². The molecule has 0 fully saturated rings. The zero-order chi connectivity index (χ0) is 19.9. The molecule has 7 nitrogen and oxygen atoms in total. The lowest BCUT2D eigenvalue weighted by molar-refractivity contribution is -0.123. The van der Waals surface area contributed by atoms with Gasteiger partial charge in [-0.15, -0.1) is 0 Å². The van der Waals surface area contributed by atoms with Gasteiger partial charge in [-0.3, -0.25) is 4.79 Å². The molecule has 146 valence electrons. The molecule has 0 radical (unpaired) electrons. The van der Waals surface area contributed by atoms with E-state index in [0.717, 1.165) is 23.1 Å². The first-order valence-electron chi connectivity index (χ1n) is 9.09. The van der Waals surface area contributed by atoms with Crippen LogP contribution in [0.4, 0.5) is 0 Å². The molecule has 0 saturated carbocycles. The average Bonchev–Trinajstić information content (AvgIpc) is 3.21. The lowest BCUT2D eigenvalue weighted by Gasteiger charge is -2.11. The number of carbonyl (C=O) groups is 1. The van der Waals surface area contributed by atoms with Crippen LogP contribution in [0.1, 0.15) is 18.9 Å². The number of amides is 1. The molecule has 1 N–H and O–H groups in total. The summed E-state index contributed by atoms with van der Waals surface area (Å²) >= 11 is 0. The van der Waals surface area contributed by atoms with Crippen molar-refractivity contribution in [2.75, 3.05) is 20.3 Å². The molecular weight excluding hydrogens is 358 g/mol. The number of methoxy groups -OCH3 is 1. The lowest BCUT2D eigenvalue weighted by Crippen LogP contribution is -2.29. The Kier molecular flexibility index (Phi) is 6.26. The van der Waals surface area contributed by atoms with Crippen LogP contribution >= 0.6 is 0 Å². The van der Waals surface area contributed by atoms with E-state index in [-0.39, 0.29) is 12.5 Å². The van der Waals surface area contributed by atoms with Gasteiger partial charge >= 0.3 is 0 Å². The number of carbonyl (C=O) groups excluding carboxylic acids is 1. The van der Waals surface area contributed by atoms with Crippen molar-refractivity contribution in [3.63, 3.8) is 0 Å². The van der Waals surface area contributed by atoms with E-state index in [1.165, 1.54) is 7.11 Å². The number of rotatable bonds is 8. The van der Waals surface area contributed by atoms with Crippen LogP contribution in [0.25, 0.3) is 22.8 Å². The van der Waals surface area contributed by atoms with Crippen LogP contribution in [0, 0.1) is 6.92 Å². The summed E-state index contributed by atoms with van der Waals surface area (Å²) in [4.78, 5) is 16.2. The maximum atomic E-state index is 11.7. The van der Waals surface area contributed by atoms with Gasteiger partial charge < -0.3 is 19.3 Å². The molecule has 0 aliphatic carbocycles. The Morgan fingerprint density at radius 3 is 2.57 bits per heavy atom. The average molecular weight is 381 g/mol. The number of aryl methyl sites for hydroxylation is 1. The van der Waals surface area contributed by atoms with Crippen molar-refractivity contribution >= 4 is 5.91 Å². The molecule has 1 aromatic heterocycles. The number of benzene rings is 2. The Morgan fingerprint density at radius 2 is 1.86 bits per heavy atom. The fraction of sp³-hybridized carbons (Fsp3) is 0.286. The van der Waals surface area contributed by atoms with Gasteiger partial charge in [0.15, 0.2) is 18.1 Å². The van der Waals surface area contributed by atoms with E-state index in [1.54, 1.807) is 18.2 Å². The van der Waals surface area contributed by atoms with Gasteiger partial charge in [0.2, 0.25) is 5.82 Å². The molecule has 3 aromatic rings. The van der Waals surface area contributed by atoms with Gasteiger partial charge in [0.1, 0.15) is 0 Å². The van der Waals surface area contributed by atoms with Crippen molar-refractivity contribution in [1.82, 2.24) is 15.5 Å². The van der Waals surface area contributed by atoms with Gasteiger partial charge in [0, 0.05) is 17.7 Å². The summed E-state index contributed by atoms with van der Waals surface area (Å²) < 4.78 is 16.3. The summed E-state index contributed by atoms with van der Waals surface area (Å²) in [5.74, 6) is 1.68. The van der Waals surface area contributed by atoms with Gasteiger partial charge in [0.05, 0.1) is 7.11 Å². The van der Waals surface area contributed by atoms with Crippen LogP contribution in [0.2, 0.25) is 0 Å². The lowest BCUT2D eigenvalue weighted by atomic mass is 10.1. The Labute approximate surface area is 163 Å². The third kappa shape index (κ3) is 4.68. The third-order valence-corrected chi connectivity index (χ3v) is 4.08. The van der Waals surface area contributed by atoms with Gasteiger partial charge in [-0.1, -0.05) is 29.8 Å². The highest BCUT2D eigenvalue weighted by molar-refractivity contribution is 5.77. The molecule has 0 unspecified atom stereocenters. The van der Waals surface area contributed by atoms with Crippen molar-refractivity contribution in [3.8, 4) is 34.3 Å². The van der Waals surface area contributed by atoms with Crippen LogP contribution in [0.15, 0.2) is 47.0 Å². The van der Waals surface area contributed by atoms with E-state index in [9.17, 15) is 4.79 Å². The van der Waals surface area contributed by atoms with Crippen LogP contribution in [0.5, 0.6) is 11.5 Å². The molecule has 7 heteroatoms. The fourth-order valence-corrected chi connectivity index (χ4v) is 2.54. The van der Waals surface area contributed by atoms with E-state index in [1.807, 2.05) is 38.1 Å². The Morgan fingerprint density at radius 1 is 1.11 bits per heavy atom. The fourth-order valence-electron chi connectivity index (χ4n) is 2.54. The van der Waals surface area contributed by atoms with Gasteiger partial charge in [-0.25, -0.2) is 0 Å². The molecule has 0 aliphatic rings. The van der Waals surface area contributed by atoms with Crippen molar-refractivity contribution in [3.05, 3.63) is 48.0 Å². The van der Waals surface area contributed by atoms with Gasteiger partial charge in [0.25, 0.3) is 11.8 Å². The Hall–Kier alpha value is -3.35. The first kappa shape index (κ1) is 19.4. The molecule has 0 saturated heterocycles. The highest BCUT2D eigenvalue weighted by atomic mass is 16.5. The van der Waals surface area contributed by atoms with Crippen LogP contribution in [-0.2, 0) is 4.79 Å². The Balaban J connectivity index is 1.75. The molecule has 1 heterocycles. The molecule has 3 rings (SSSR count). The summed E-state index contributed by atoms with van der Waals surface area (Å²) in [6, 6.07) is 13.1. The number of nitrogens with zero attached hydrogens (tertiary/aromatic N) is 2. The highest BCUT2D eigenvalue weighted by Crippen LogP contribution is 2.32. The van der Waals surface area contributed by atoms with Crippen molar-refractivity contribution in [2.45, 2.75) is 20.3 Å². The second kappa shape index (κ2) is 9.03. The van der Waals surface area contributed by atoms with Crippen LogP contribution in [-0.4, -0.2) is 36.3 Å². The quantitative estimate of drug-likeness (QED) is 0.641. The molecule has 0 spiro atoms. The minimum absolute atomic E-state index is 0.0739. The van der Waals surface area contributed by atoms with Crippen molar-refractivity contribution < 1.29 is 18.8 Å². The van der Waals surface area contributed by atoms with Crippen molar-refractivity contribution in [1.29, 1.82) is 0 Å². The number of ether oxygens (including phenoxy) is 2. The van der Waals surface area contributed by atoms with E-state index in [0.29, 0.717) is 29.8 Å². The van der Waals surface area contributed by atoms with Crippen molar-refractivity contribution in [2.24, 2.45) is 0 Å². The summed E-state index contributed by atoms with van der Waals surface area (Å²) in [6.07, 6.45) is 0.874. The summed E-state index contributed by atoms with van der Waals surface area (Å²) in [5.41, 5.74) is 2.74. The molecule has 0 atom stereocenters. The predicted octanol–water partition coefficient (Wildman–Crippen LogP) is 3.63. The maximum absolute atomic E-state index is 11.7. The maximum Gasteiger partial charge on any atom is 0.258 e. The van der Waals surface area contributed by atoms with E-state index < -0.39 is 0 Å². The second-order valence-corrected chi connectivity index (χ2v) is 6.29. The summed E-state index contributed by atoms with van der Waals surface area (Å²) in [5, 5.41) is 6.81. The monoisotopic (exact) mass is 381 g/mol. The summed E-state index contributed by atoms with van der Waals surface area (Å²) in [6.45, 7) is 4.56. The number of hydrogen-bond donors (Lipinski definition) is 1. The smallest absolute Gasteiger partial charge is 0.258 e. The first-order chi connectivity index (χ1) is 13.6. The molecule has 1 amide bonds. The number of hydrogen-bond acceptors (Lipinski definition) is 6. The minimum atomic E-state index is -0.172. The van der Waals surface area contributed by atoms with Gasteiger partial charge in [-0.2, -0.15) is 4.98 Å². The SMILES string of the molecule is CCCNC(=O)COc1ccc(-c2noc(-c3ccc(C)cc3)n2)cc1OC. The molecule has 2 aromatic carbocycles. The van der Waals surface area contributed by atoms with Crippen LogP contribution in [0.3, 0.4) is 0 Å². The molecule has 0 aliphatic heterocycles. The molecule has 28 heavy (non-hydrogen) atoms. The molecular formula is C21H23N3O4. The van der Waals surface area contributed by atoms with Crippen LogP contribution < -0.4 is 14.8 Å². The second-order valence-electron chi connectivity index (χ2n) is 6.29. The molecule has 0 bridgehead atoms.